The molecule has 0 aromatic carbocycles. The Bertz CT molecular complexity index is 462. The van der Waals surface area contributed by atoms with Gasteiger partial charge < -0.3 is 10.6 Å². The van der Waals surface area contributed by atoms with Crippen molar-refractivity contribution in [3.8, 4) is 0 Å². The van der Waals surface area contributed by atoms with Crippen molar-refractivity contribution in [1.82, 2.24) is 9.97 Å². The average Bonchev–Trinajstić information content (AvgIpc) is 2.89. The van der Waals surface area contributed by atoms with E-state index in [9.17, 15) is 4.79 Å². The molecule has 2 N–H and O–H groups in total. The second-order valence-electron chi connectivity index (χ2n) is 4.35. The third kappa shape index (κ3) is 2.56. The Morgan fingerprint density at radius 3 is 3.28 bits per heavy atom. The number of hydrogen-bond donors (Lipinski definition) is 2. The van der Waals surface area contributed by atoms with Crippen molar-refractivity contribution in [2.75, 3.05) is 34.4 Å². The lowest BCUT2D eigenvalue weighted by molar-refractivity contribution is -0.113. The maximum absolute atomic E-state index is 11.4. The molecule has 7 heteroatoms. The van der Waals surface area contributed by atoms with Crippen molar-refractivity contribution in [2.45, 2.75) is 11.4 Å². The van der Waals surface area contributed by atoms with Gasteiger partial charge in [-0.3, -0.25) is 4.79 Å². The zero-order chi connectivity index (χ0) is 12.4. The molecule has 1 amide bonds. The van der Waals surface area contributed by atoms with Gasteiger partial charge in [0.2, 0.25) is 5.91 Å². The fraction of sp³-hybridized carbons (Fsp3) is 0.545. The molecule has 1 aromatic heterocycles. The summed E-state index contributed by atoms with van der Waals surface area (Å²) in [5.41, 5.74) is 0.740. The van der Waals surface area contributed by atoms with Crippen molar-refractivity contribution in [2.24, 2.45) is 5.92 Å². The van der Waals surface area contributed by atoms with E-state index in [1.807, 2.05) is 11.8 Å². The van der Waals surface area contributed by atoms with Gasteiger partial charge in [-0.15, -0.1) is 0 Å². The molecule has 2 aliphatic rings. The number of fused-ring (bicyclic) bond motifs is 1. The molecule has 0 aliphatic carbocycles. The van der Waals surface area contributed by atoms with Crippen LogP contribution in [0.4, 0.5) is 11.5 Å². The number of hydrogen-bond acceptors (Lipinski definition) is 6. The summed E-state index contributed by atoms with van der Waals surface area (Å²) in [6.45, 7) is 0.914. The fourth-order valence-electron chi connectivity index (χ4n) is 2.02. The van der Waals surface area contributed by atoms with Gasteiger partial charge in [0, 0.05) is 6.54 Å². The first-order valence-electron chi connectivity index (χ1n) is 5.92. The van der Waals surface area contributed by atoms with Gasteiger partial charge >= 0.3 is 0 Å². The van der Waals surface area contributed by atoms with E-state index in [4.69, 9.17) is 0 Å². The quantitative estimate of drug-likeness (QED) is 0.822. The van der Waals surface area contributed by atoms with Crippen LogP contribution < -0.4 is 10.6 Å². The third-order valence-corrected chi connectivity index (χ3v) is 5.22. The first-order valence-corrected chi connectivity index (χ1v) is 8.06. The molecule has 0 saturated carbocycles. The number of aromatic nitrogens is 2. The fourth-order valence-corrected chi connectivity index (χ4v) is 4.06. The molecule has 96 valence electrons. The molecule has 1 unspecified atom stereocenters. The van der Waals surface area contributed by atoms with E-state index >= 15 is 0 Å². The first kappa shape index (κ1) is 12.1. The third-order valence-electron chi connectivity index (χ3n) is 3.00. The lowest BCUT2D eigenvalue weighted by atomic mass is 10.1. The molecule has 1 aromatic rings. The number of anilines is 2. The zero-order valence-electron chi connectivity index (χ0n) is 9.81. The molecule has 0 bridgehead atoms. The van der Waals surface area contributed by atoms with Gasteiger partial charge in [0.1, 0.15) is 17.0 Å². The minimum atomic E-state index is 0.0155. The standard InChI is InChI=1S/C11H14N4OS2/c16-8-5-18-11-9(15-8)10(13-6-14-11)12-3-7-1-2-17-4-7/h6-7H,1-5H2,(H,15,16)(H,12,13,14). The summed E-state index contributed by atoms with van der Waals surface area (Å²) < 4.78 is 0. The van der Waals surface area contributed by atoms with Gasteiger partial charge in [0.05, 0.1) is 5.75 Å². The molecule has 18 heavy (non-hydrogen) atoms. The highest BCUT2D eigenvalue weighted by atomic mass is 32.2. The summed E-state index contributed by atoms with van der Waals surface area (Å²) in [5, 5.41) is 7.05. The maximum atomic E-state index is 11.4. The van der Waals surface area contributed by atoms with Crippen LogP contribution in [0.1, 0.15) is 6.42 Å². The number of carbonyl (C=O) groups is 1. The van der Waals surface area contributed by atoms with Crippen molar-refractivity contribution in [3.63, 3.8) is 0 Å². The van der Waals surface area contributed by atoms with E-state index in [2.05, 4.69) is 20.6 Å². The van der Waals surface area contributed by atoms with E-state index < -0.39 is 0 Å². The molecule has 5 nitrogen and oxygen atoms in total. The molecule has 3 heterocycles. The van der Waals surface area contributed by atoms with Gasteiger partial charge in [0.15, 0.2) is 5.82 Å². The molecule has 1 saturated heterocycles. The number of rotatable bonds is 3. The van der Waals surface area contributed by atoms with E-state index in [0.717, 1.165) is 23.1 Å². The molecule has 1 fully saturated rings. The molecule has 3 rings (SSSR count). The van der Waals surface area contributed by atoms with Crippen LogP contribution in [-0.2, 0) is 4.79 Å². The summed E-state index contributed by atoms with van der Waals surface area (Å²) in [7, 11) is 0. The predicted molar refractivity (Wildman–Crippen MR) is 75.3 cm³/mol. The molecule has 0 radical (unpaired) electrons. The maximum Gasteiger partial charge on any atom is 0.234 e. The van der Waals surface area contributed by atoms with Crippen molar-refractivity contribution < 1.29 is 4.79 Å². The smallest absolute Gasteiger partial charge is 0.234 e. The van der Waals surface area contributed by atoms with Crippen LogP contribution in [-0.4, -0.2) is 39.7 Å². The average molecular weight is 282 g/mol. The minimum absolute atomic E-state index is 0.0155. The molecule has 2 aliphatic heterocycles. The summed E-state index contributed by atoms with van der Waals surface area (Å²) in [6, 6.07) is 0. The normalized spacial score (nSPS) is 22.4. The van der Waals surface area contributed by atoms with E-state index in [0.29, 0.717) is 11.7 Å². The van der Waals surface area contributed by atoms with Crippen LogP contribution in [0.5, 0.6) is 0 Å². The largest absolute Gasteiger partial charge is 0.368 e. The van der Waals surface area contributed by atoms with E-state index in [-0.39, 0.29) is 5.91 Å². The zero-order valence-corrected chi connectivity index (χ0v) is 11.4. The summed E-state index contributed by atoms with van der Waals surface area (Å²) in [6.07, 6.45) is 2.81. The Balaban J connectivity index is 1.73. The molecule has 0 spiro atoms. The van der Waals surface area contributed by atoms with Gasteiger partial charge in [-0.25, -0.2) is 9.97 Å². The van der Waals surface area contributed by atoms with E-state index in [1.165, 1.54) is 29.7 Å². The van der Waals surface area contributed by atoms with Gasteiger partial charge in [-0.2, -0.15) is 11.8 Å². The second kappa shape index (κ2) is 5.36. The Hall–Kier alpha value is -0.950. The van der Waals surface area contributed by atoms with Gasteiger partial charge in [-0.1, -0.05) is 11.8 Å². The Morgan fingerprint density at radius 2 is 2.44 bits per heavy atom. The topological polar surface area (TPSA) is 66.9 Å². The summed E-state index contributed by atoms with van der Waals surface area (Å²) in [4.78, 5) is 19.8. The van der Waals surface area contributed by atoms with Crippen molar-refractivity contribution in [3.05, 3.63) is 6.33 Å². The SMILES string of the molecule is O=C1CSc2ncnc(NCC3CCSC3)c2N1. The number of nitrogens with zero attached hydrogens (tertiary/aromatic N) is 2. The molecular weight excluding hydrogens is 268 g/mol. The molecular formula is C11H14N4OS2. The monoisotopic (exact) mass is 282 g/mol. The number of carbonyl (C=O) groups excluding carboxylic acids is 1. The molecule has 1 atom stereocenters. The van der Waals surface area contributed by atoms with Crippen LogP contribution >= 0.6 is 23.5 Å². The summed E-state index contributed by atoms with van der Waals surface area (Å²) in [5.74, 6) is 4.36. The number of nitrogens with one attached hydrogen (secondary N) is 2. The summed E-state index contributed by atoms with van der Waals surface area (Å²) >= 11 is 3.46. The number of amides is 1. The van der Waals surface area contributed by atoms with Crippen LogP contribution in [0.25, 0.3) is 0 Å². The predicted octanol–water partition coefficient (Wildman–Crippen LogP) is 1.69. The highest BCUT2D eigenvalue weighted by molar-refractivity contribution is 8.00. The Kier molecular flexibility index (Phi) is 3.60. The van der Waals surface area contributed by atoms with Crippen molar-refractivity contribution in [1.29, 1.82) is 0 Å². The Morgan fingerprint density at radius 1 is 1.50 bits per heavy atom. The minimum Gasteiger partial charge on any atom is -0.368 e. The Labute approximate surface area is 114 Å². The lowest BCUT2D eigenvalue weighted by Gasteiger charge is -2.19. The van der Waals surface area contributed by atoms with Crippen LogP contribution in [0.15, 0.2) is 11.4 Å². The lowest BCUT2D eigenvalue weighted by Crippen LogP contribution is -2.22. The highest BCUT2D eigenvalue weighted by Gasteiger charge is 2.21. The van der Waals surface area contributed by atoms with Crippen LogP contribution in [0, 0.1) is 5.92 Å². The second-order valence-corrected chi connectivity index (χ2v) is 6.46. The highest BCUT2D eigenvalue weighted by Crippen LogP contribution is 2.34. The van der Waals surface area contributed by atoms with Crippen molar-refractivity contribution >= 4 is 40.9 Å². The van der Waals surface area contributed by atoms with Crippen LogP contribution in [0.2, 0.25) is 0 Å². The van der Waals surface area contributed by atoms with Gasteiger partial charge in [-0.05, 0) is 23.8 Å². The first-order chi connectivity index (χ1) is 8.83. The van der Waals surface area contributed by atoms with Gasteiger partial charge in [0.25, 0.3) is 0 Å². The van der Waals surface area contributed by atoms with E-state index in [1.54, 1.807) is 6.33 Å². The number of thioether (sulfide) groups is 2. The van der Waals surface area contributed by atoms with Crippen LogP contribution in [0.3, 0.4) is 0 Å².